The predicted octanol–water partition coefficient (Wildman–Crippen LogP) is 0.459. The molecule has 0 spiro atoms. The van der Waals surface area contributed by atoms with Gasteiger partial charge in [-0.2, -0.15) is 11.3 Å². The number of rotatable bonds is 7. The molecule has 1 rings (SSSR count). The number of nitrogens with one attached hydrogen (secondary N) is 2. The van der Waals surface area contributed by atoms with E-state index < -0.39 is 5.97 Å². The van der Waals surface area contributed by atoms with Gasteiger partial charge in [-0.25, -0.2) is 0 Å². The van der Waals surface area contributed by atoms with Crippen molar-refractivity contribution in [2.45, 2.75) is 12.8 Å². The van der Waals surface area contributed by atoms with Crippen molar-refractivity contribution < 1.29 is 19.5 Å². The highest BCUT2D eigenvalue weighted by atomic mass is 32.1. The molecule has 0 aromatic carbocycles. The normalized spacial score (nSPS) is 9.78. The molecule has 0 radical (unpaired) electrons. The van der Waals surface area contributed by atoms with Crippen molar-refractivity contribution in [3.63, 3.8) is 0 Å². The lowest BCUT2D eigenvalue weighted by Gasteiger charge is -2.04. The molecule has 98 valence electrons. The van der Waals surface area contributed by atoms with Gasteiger partial charge in [-0.1, -0.05) is 0 Å². The van der Waals surface area contributed by atoms with Crippen LogP contribution < -0.4 is 10.6 Å². The number of hydrogen-bond acceptors (Lipinski definition) is 4. The number of carboxylic acid groups (broad SMARTS) is 1. The molecule has 0 aliphatic heterocycles. The SMILES string of the molecule is O=C(O)CNC(=O)CCCNC(=O)c1ccsc1. The van der Waals surface area contributed by atoms with Crippen molar-refractivity contribution in [1.82, 2.24) is 10.6 Å². The van der Waals surface area contributed by atoms with Crippen molar-refractivity contribution in [2.24, 2.45) is 0 Å². The molecule has 0 aliphatic carbocycles. The second-order valence-corrected chi connectivity index (χ2v) is 4.32. The van der Waals surface area contributed by atoms with Crippen molar-refractivity contribution in [1.29, 1.82) is 0 Å². The Bertz CT molecular complexity index is 417. The number of hydrogen-bond donors (Lipinski definition) is 3. The zero-order valence-corrected chi connectivity index (χ0v) is 10.5. The fourth-order valence-electron chi connectivity index (χ4n) is 1.21. The largest absolute Gasteiger partial charge is 0.480 e. The van der Waals surface area contributed by atoms with E-state index in [-0.39, 0.29) is 24.8 Å². The molecule has 3 N–H and O–H groups in total. The average Bonchev–Trinajstić information content (AvgIpc) is 2.85. The van der Waals surface area contributed by atoms with Gasteiger partial charge in [0.2, 0.25) is 5.91 Å². The Morgan fingerprint density at radius 2 is 2.06 bits per heavy atom. The molecule has 7 heteroatoms. The second kappa shape index (κ2) is 7.44. The first-order valence-corrected chi connectivity index (χ1v) is 6.33. The van der Waals surface area contributed by atoms with E-state index in [2.05, 4.69) is 10.6 Å². The molecule has 0 aliphatic rings. The Morgan fingerprint density at radius 1 is 1.28 bits per heavy atom. The van der Waals surface area contributed by atoms with E-state index in [9.17, 15) is 14.4 Å². The van der Waals surface area contributed by atoms with Gasteiger partial charge in [0.05, 0.1) is 0 Å². The van der Waals surface area contributed by atoms with Gasteiger partial charge in [-0.15, -0.1) is 0 Å². The summed E-state index contributed by atoms with van der Waals surface area (Å²) in [5.41, 5.74) is 0.607. The summed E-state index contributed by atoms with van der Waals surface area (Å²) in [7, 11) is 0. The molecule has 0 saturated carbocycles. The van der Waals surface area contributed by atoms with Crippen LogP contribution in [0.3, 0.4) is 0 Å². The molecule has 0 atom stereocenters. The lowest BCUT2D eigenvalue weighted by atomic mass is 10.2. The van der Waals surface area contributed by atoms with Gasteiger partial charge in [0.25, 0.3) is 5.91 Å². The minimum Gasteiger partial charge on any atom is -0.480 e. The molecule has 1 heterocycles. The lowest BCUT2D eigenvalue weighted by molar-refractivity contribution is -0.137. The van der Waals surface area contributed by atoms with Gasteiger partial charge in [0, 0.05) is 23.9 Å². The first-order chi connectivity index (χ1) is 8.59. The van der Waals surface area contributed by atoms with Crippen molar-refractivity contribution in [3.8, 4) is 0 Å². The van der Waals surface area contributed by atoms with Crippen LogP contribution in [0.1, 0.15) is 23.2 Å². The Hall–Kier alpha value is -1.89. The molecule has 0 fully saturated rings. The van der Waals surface area contributed by atoms with E-state index in [1.807, 2.05) is 5.38 Å². The summed E-state index contributed by atoms with van der Waals surface area (Å²) in [6, 6.07) is 1.72. The minimum absolute atomic E-state index is 0.165. The third kappa shape index (κ3) is 5.44. The van der Waals surface area contributed by atoms with Gasteiger partial charge in [0.15, 0.2) is 0 Å². The highest BCUT2D eigenvalue weighted by Gasteiger charge is 2.06. The van der Waals surface area contributed by atoms with Gasteiger partial charge in [0.1, 0.15) is 6.54 Å². The number of carboxylic acids is 1. The van der Waals surface area contributed by atoms with Crippen LogP contribution in [0.15, 0.2) is 16.8 Å². The molecular formula is C11H14N2O4S. The van der Waals surface area contributed by atoms with Crippen LogP contribution in [-0.2, 0) is 9.59 Å². The van der Waals surface area contributed by atoms with E-state index in [0.29, 0.717) is 18.5 Å². The summed E-state index contributed by atoms with van der Waals surface area (Å²) in [5.74, 6) is -1.57. The van der Waals surface area contributed by atoms with Crippen molar-refractivity contribution in [3.05, 3.63) is 22.4 Å². The number of carbonyl (C=O) groups is 3. The monoisotopic (exact) mass is 270 g/mol. The predicted molar refractivity (Wildman–Crippen MR) is 66.5 cm³/mol. The van der Waals surface area contributed by atoms with E-state index in [1.165, 1.54) is 11.3 Å². The Kier molecular flexibility index (Phi) is 5.86. The minimum atomic E-state index is -1.07. The summed E-state index contributed by atoms with van der Waals surface area (Å²) >= 11 is 1.44. The van der Waals surface area contributed by atoms with Crippen LogP contribution in [0.25, 0.3) is 0 Å². The third-order valence-corrected chi connectivity index (χ3v) is 2.77. The van der Waals surface area contributed by atoms with Crippen LogP contribution in [0.2, 0.25) is 0 Å². The quantitative estimate of drug-likeness (QED) is 0.627. The summed E-state index contributed by atoms with van der Waals surface area (Å²) in [5, 5.41) is 16.8. The number of carbonyl (C=O) groups excluding carboxylic acids is 2. The number of aliphatic carboxylic acids is 1. The van der Waals surface area contributed by atoms with Crippen LogP contribution in [0.5, 0.6) is 0 Å². The van der Waals surface area contributed by atoms with Gasteiger partial charge in [-0.05, 0) is 17.9 Å². The van der Waals surface area contributed by atoms with E-state index in [4.69, 9.17) is 5.11 Å². The van der Waals surface area contributed by atoms with Gasteiger partial charge >= 0.3 is 5.97 Å². The standard InChI is InChI=1S/C11H14N2O4S/c14-9(13-6-10(15)16)2-1-4-12-11(17)8-3-5-18-7-8/h3,5,7H,1-2,4,6H2,(H,12,17)(H,13,14)(H,15,16). The topological polar surface area (TPSA) is 95.5 Å². The van der Waals surface area contributed by atoms with E-state index in [1.54, 1.807) is 11.4 Å². The number of thiophene rings is 1. The van der Waals surface area contributed by atoms with Crippen LogP contribution >= 0.6 is 11.3 Å². The molecule has 0 saturated heterocycles. The summed E-state index contributed by atoms with van der Waals surface area (Å²) < 4.78 is 0. The zero-order chi connectivity index (χ0) is 13.4. The molecule has 0 unspecified atom stereocenters. The second-order valence-electron chi connectivity index (χ2n) is 3.54. The van der Waals surface area contributed by atoms with Crippen LogP contribution in [0.4, 0.5) is 0 Å². The third-order valence-electron chi connectivity index (χ3n) is 2.09. The molecule has 1 aromatic heterocycles. The average molecular weight is 270 g/mol. The molecule has 1 aromatic rings. The highest BCUT2D eigenvalue weighted by Crippen LogP contribution is 2.05. The van der Waals surface area contributed by atoms with Crippen LogP contribution in [0, 0.1) is 0 Å². The zero-order valence-electron chi connectivity index (χ0n) is 9.64. The smallest absolute Gasteiger partial charge is 0.322 e. The maximum atomic E-state index is 11.5. The Balaban J connectivity index is 2.10. The van der Waals surface area contributed by atoms with Crippen molar-refractivity contribution >= 4 is 29.1 Å². The summed E-state index contributed by atoms with van der Waals surface area (Å²) in [4.78, 5) is 32.8. The maximum Gasteiger partial charge on any atom is 0.322 e. The molecule has 0 bridgehead atoms. The molecular weight excluding hydrogens is 256 g/mol. The van der Waals surface area contributed by atoms with E-state index in [0.717, 1.165) is 0 Å². The lowest BCUT2D eigenvalue weighted by Crippen LogP contribution is -2.30. The van der Waals surface area contributed by atoms with E-state index >= 15 is 0 Å². The molecule has 18 heavy (non-hydrogen) atoms. The molecule has 2 amide bonds. The summed E-state index contributed by atoms with van der Waals surface area (Å²) in [6.45, 7) is 0.00919. The Labute approximate surface area is 108 Å². The number of amides is 2. The fraction of sp³-hybridized carbons (Fsp3) is 0.364. The maximum absolute atomic E-state index is 11.5. The Morgan fingerprint density at radius 3 is 2.67 bits per heavy atom. The first kappa shape index (κ1) is 14.2. The fourth-order valence-corrected chi connectivity index (χ4v) is 1.85. The first-order valence-electron chi connectivity index (χ1n) is 5.38. The van der Waals surface area contributed by atoms with Crippen molar-refractivity contribution in [2.75, 3.05) is 13.1 Å². The van der Waals surface area contributed by atoms with Crippen LogP contribution in [-0.4, -0.2) is 36.0 Å². The highest BCUT2D eigenvalue weighted by molar-refractivity contribution is 7.08. The molecule has 6 nitrogen and oxygen atoms in total. The van der Waals surface area contributed by atoms with Gasteiger partial charge < -0.3 is 15.7 Å². The summed E-state index contributed by atoms with van der Waals surface area (Å²) in [6.07, 6.45) is 0.665. The van der Waals surface area contributed by atoms with Gasteiger partial charge in [-0.3, -0.25) is 14.4 Å².